The maximum atomic E-state index is 12.0. The summed E-state index contributed by atoms with van der Waals surface area (Å²) in [6.45, 7) is 1.90. The summed E-state index contributed by atoms with van der Waals surface area (Å²) in [5, 5.41) is 9.97. The lowest BCUT2D eigenvalue weighted by molar-refractivity contribution is 0.161. The SMILES string of the molecule is CC(Br)c1oc(=O)c2ccccc2c1C#CCN(C)C(=O)O. The topological polar surface area (TPSA) is 70.8 Å². The van der Waals surface area contributed by atoms with Crippen molar-refractivity contribution < 1.29 is 14.3 Å². The molecule has 0 saturated heterocycles. The molecule has 0 radical (unpaired) electrons. The van der Waals surface area contributed by atoms with Crippen molar-refractivity contribution in [2.75, 3.05) is 13.6 Å². The van der Waals surface area contributed by atoms with Crippen molar-refractivity contribution in [2.24, 2.45) is 0 Å². The van der Waals surface area contributed by atoms with Crippen molar-refractivity contribution in [1.82, 2.24) is 4.90 Å². The van der Waals surface area contributed by atoms with Gasteiger partial charge in [-0.15, -0.1) is 0 Å². The first-order chi connectivity index (χ1) is 10.4. The molecule has 6 heteroatoms. The number of carboxylic acid groups (broad SMARTS) is 1. The van der Waals surface area contributed by atoms with Gasteiger partial charge in [-0.25, -0.2) is 9.59 Å². The van der Waals surface area contributed by atoms with Crippen molar-refractivity contribution in [1.29, 1.82) is 0 Å². The van der Waals surface area contributed by atoms with Crippen LogP contribution < -0.4 is 5.63 Å². The Labute approximate surface area is 135 Å². The number of benzene rings is 1. The molecule has 0 fully saturated rings. The van der Waals surface area contributed by atoms with Crippen LogP contribution >= 0.6 is 15.9 Å². The van der Waals surface area contributed by atoms with Gasteiger partial charge in [0.1, 0.15) is 5.76 Å². The molecule has 0 aliphatic heterocycles. The maximum absolute atomic E-state index is 12.0. The summed E-state index contributed by atoms with van der Waals surface area (Å²) >= 11 is 3.39. The smallest absolute Gasteiger partial charge is 0.407 e. The van der Waals surface area contributed by atoms with Crippen molar-refractivity contribution in [2.45, 2.75) is 11.8 Å². The first-order valence-corrected chi connectivity index (χ1v) is 7.46. The Hall–Kier alpha value is -2.26. The van der Waals surface area contributed by atoms with E-state index in [4.69, 9.17) is 9.52 Å². The molecule has 1 amide bonds. The van der Waals surface area contributed by atoms with Gasteiger partial charge < -0.3 is 14.4 Å². The van der Waals surface area contributed by atoms with E-state index in [-0.39, 0.29) is 11.4 Å². The van der Waals surface area contributed by atoms with E-state index in [0.29, 0.717) is 22.1 Å². The number of alkyl halides is 1. The molecule has 0 aliphatic rings. The molecule has 1 aromatic heterocycles. The summed E-state index contributed by atoms with van der Waals surface area (Å²) in [6, 6.07) is 7.05. The Morgan fingerprint density at radius 2 is 2.05 bits per heavy atom. The monoisotopic (exact) mass is 363 g/mol. The molecule has 1 aromatic carbocycles. The lowest BCUT2D eigenvalue weighted by atomic mass is 10.0. The number of hydrogen-bond donors (Lipinski definition) is 1. The number of rotatable bonds is 2. The largest absolute Gasteiger partial charge is 0.465 e. The van der Waals surface area contributed by atoms with Crippen LogP contribution in [0.3, 0.4) is 0 Å². The highest BCUT2D eigenvalue weighted by Crippen LogP contribution is 2.28. The van der Waals surface area contributed by atoms with Crippen molar-refractivity contribution in [3.63, 3.8) is 0 Å². The zero-order chi connectivity index (χ0) is 16.3. The number of amides is 1. The van der Waals surface area contributed by atoms with Gasteiger partial charge >= 0.3 is 11.7 Å². The molecule has 114 valence electrons. The van der Waals surface area contributed by atoms with Gasteiger partial charge in [-0.2, -0.15) is 0 Å². The lowest BCUT2D eigenvalue weighted by Crippen LogP contribution is -2.24. The predicted molar refractivity (Wildman–Crippen MR) is 87.4 cm³/mol. The number of hydrogen-bond acceptors (Lipinski definition) is 3. The minimum Gasteiger partial charge on any atom is -0.465 e. The molecule has 0 aliphatic carbocycles. The fourth-order valence-corrected chi connectivity index (χ4v) is 2.26. The van der Waals surface area contributed by atoms with Gasteiger partial charge in [0.15, 0.2) is 0 Å². The van der Waals surface area contributed by atoms with Crippen molar-refractivity contribution >= 4 is 32.8 Å². The van der Waals surface area contributed by atoms with E-state index in [0.717, 1.165) is 4.90 Å². The standard InChI is InChI=1S/C16H14BrNO4/c1-10(17)14-12(8-5-9-18(2)16(20)21)11-6-3-4-7-13(11)15(19)22-14/h3-4,6-7,10H,9H2,1-2H3,(H,20,21). The molecular formula is C16H14BrNO4. The average molecular weight is 364 g/mol. The number of nitrogens with zero attached hydrogens (tertiary/aromatic N) is 1. The predicted octanol–water partition coefficient (Wildman–Crippen LogP) is 3.21. The van der Waals surface area contributed by atoms with Gasteiger partial charge in [0.05, 0.1) is 22.3 Å². The molecule has 1 unspecified atom stereocenters. The second-order valence-electron chi connectivity index (χ2n) is 4.73. The third-order valence-corrected chi connectivity index (χ3v) is 3.50. The molecule has 22 heavy (non-hydrogen) atoms. The average Bonchev–Trinajstić information content (AvgIpc) is 2.48. The Kier molecular flexibility index (Phi) is 4.88. The van der Waals surface area contributed by atoms with E-state index >= 15 is 0 Å². The summed E-state index contributed by atoms with van der Waals surface area (Å²) in [5.74, 6) is 6.17. The Morgan fingerprint density at radius 3 is 2.64 bits per heavy atom. The van der Waals surface area contributed by atoms with Crippen LogP contribution in [0, 0.1) is 11.8 Å². The highest BCUT2D eigenvalue weighted by molar-refractivity contribution is 9.09. The van der Waals surface area contributed by atoms with E-state index in [1.54, 1.807) is 18.2 Å². The van der Waals surface area contributed by atoms with Crippen LogP contribution in [0.25, 0.3) is 10.8 Å². The molecule has 2 aromatic rings. The second kappa shape index (κ2) is 6.67. The highest BCUT2D eigenvalue weighted by atomic mass is 79.9. The second-order valence-corrected chi connectivity index (χ2v) is 6.10. The van der Waals surface area contributed by atoms with Gasteiger partial charge in [0, 0.05) is 12.4 Å². The van der Waals surface area contributed by atoms with Crippen LogP contribution in [0.15, 0.2) is 33.5 Å². The van der Waals surface area contributed by atoms with Gasteiger partial charge in [0.2, 0.25) is 0 Å². The molecule has 5 nitrogen and oxygen atoms in total. The Bertz CT molecular complexity index is 829. The lowest BCUT2D eigenvalue weighted by Gasteiger charge is -2.09. The first kappa shape index (κ1) is 16.1. The Morgan fingerprint density at radius 1 is 1.41 bits per heavy atom. The van der Waals surface area contributed by atoms with Crippen molar-refractivity contribution in [3.05, 3.63) is 46.0 Å². The third-order valence-electron chi connectivity index (χ3n) is 3.08. The fourth-order valence-electron chi connectivity index (χ4n) is 1.94. The van der Waals surface area contributed by atoms with Crippen LogP contribution in [0.1, 0.15) is 23.1 Å². The minimum atomic E-state index is -1.05. The van der Waals surface area contributed by atoms with Gasteiger partial charge in [-0.3, -0.25) is 0 Å². The van der Waals surface area contributed by atoms with Crippen LogP contribution in [0.4, 0.5) is 4.79 Å². The molecule has 1 heterocycles. The van der Waals surface area contributed by atoms with Gasteiger partial charge in [-0.1, -0.05) is 46.0 Å². The normalized spacial score (nSPS) is 11.6. The molecule has 0 saturated carbocycles. The zero-order valence-electron chi connectivity index (χ0n) is 12.1. The quantitative estimate of drug-likeness (QED) is 0.656. The van der Waals surface area contributed by atoms with E-state index in [9.17, 15) is 9.59 Å². The van der Waals surface area contributed by atoms with E-state index < -0.39 is 11.7 Å². The Balaban J connectivity index is 2.58. The summed E-state index contributed by atoms with van der Waals surface area (Å²) in [5.41, 5.74) is 0.184. The minimum absolute atomic E-state index is 0.0683. The number of halogens is 1. The number of fused-ring (bicyclic) bond motifs is 1. The van der Waals surface area contributed by atoms with E-state index in [2.05, 4.69) is 27.8 Å². The first-order valence-electron chi connectivity index (χ1n) is 6.54. The van der Waals surface area contributed by atoms with Crippen LogP contribution in [0.2, 0.25) is 0 Å². The van der Waals surface area contributed by atoms with Crippen LogP contribution in [0.5, 0.6) is 0 Å². The molecule has 2 rings (SSSR count). The molecule has 0 spiro atoms. The summed E-state index contributed by atoms with van der Waals surface area (Å²) in [6.07, 6.45) is -1.05. The molecule has 1 N–H and O–H groups in total. The zero-order valence-corrected chi connectivity index (χ0v) is 13.7. The van der Waals surface area contributed by atoms with Crippen LogP contribution in [-0.4, -0.2) is 29.7 Å². The van der Waals surface area contributed by atoms with Gasteiger partial charge in [0.25, 0.3) is 0 Å². The fraction of sp³-hybridized carbons (Fsp3) is 0.250. The summed E-state index contributed by atoms with van der Waals surface area (Å²) in [4.78, 5) is 23.7. The molecular weight excluding hydrogens is 350 g/mol. The molecule has 0 bridgehead atoms. The summed E-state index contributed by atoms with van der Waals surface area (Å²) in [7, 11) is 1.44. The van der Waals surface area contributed by atoms with Crippen molar-refractivity contribution in [3.8, 4) is 11.8 Å². The van der Waals surface area contributed by atoms with Gasteiger partial charge in [-0.05, 0) is 13.0 Å². The highest BCUT2D eigenvalue weighted by Gasteiger charge is 2.15. The molecule has 1 atom stereocenters. The van der Waals surface area contributed by atoms with Crippen LogP contribution in [-0.2, 0) is 0 Å². The van der Waals surface area contributed by atoms with E-state index in [1.807, 2.05) is 13.0 Å². The summed E-state index contributed by atoms with van der Waals surface area (Å²) < 4.78 is 5.35. The maximum Gasteiger partial charge on any atom is 0.407 e. The van der Waals surface area contributed by atoms with E-state index in [1.165, 1.54) is 7.05 Å². The number of carbonyl (C=O) groups is 1. The third kappa shape index (κ3) is 3.31.